The first-order valence-corrected chi connectivity index (χ1v) is 9.51. The molecule has 0 aliphatic heterocycles. The molecule has 152 valence electrons. The number of rotatable bonds is 8. The van der Waals surface area contributed by atoms with Crippen molar-refractivity contribution in [3.8, 4) is 11.5 Å². The van der Waals surface area contributed by atoms with Gasteiger partial charge in [-0.05, 0) is 74.2 Å². The summed E-state index contributed by atoms with van der Waals surface area (Å²) in [6.45, 7) is 7.98. The van der Waals surface area contributed by atoms with Gasteiger partial charge in [0.05, 0.1) is 13.2 Å². The maximum absolute atomic E-state index is 11.5. The summed E-state index contributed by atoms with van der Waals surface area (Å²) in [6, 6.07) is 14.9. The smallest absolute Gasteiger partial charge is 0.331 e. The Kier molecular flexibility index (Phi) is 8.22. The highest BCUT2D eigenvalue weighted by atomic mass is 16.5. The Bertz CT molecular complexity index is 814. The van der Waals surface area contributed by atoms with Crippen LogP contribution in [0, 0.1) is 0 Å². The number of esters is 2. The van der Waals surface area contributed by atoms with E-state index in [0.717, 1.165) is 22.3 Å². The molecule has 0 saturated carbocycles. The van der Waals surface area contributed by atoms with E-state index in [-0.39, 0.29) is 11.9 Å². The maximum atomic E-state index is 11.5. The van der Waals surface area contributed by atoms with E-state index in [0.29, 0.717) is 24.7 Å². The van der Waals surface area contributed by atoms with Crippen molar-refractivity contribution >= 4 is 23.1 Å². The number of carbonyl (C=O) groups excluding carboxylic acids is 2. The molecule has 0 heterocycles. The van der Waals surface area contributed by atoms with E-state index in [4.69, 9.17) is 14.2 Å². The molecule has 2 aromatic carbocycles. The molecule has 0 N–H and O–H groups in total. The number of allylic oxidation sites excluding steroid dienone is 2. The Morgan fingerprint density at radius 1 is 0.690 bits per heavy atom. The first-order valence-electron chi connectivity index (χ1n) is 9.51. The lowest BCUT2D eigenvalue weighted by Gasteiger charge is -2.09. The van der Waals surface area contributed by atoms with Crippen molar-refractivity contribution < 1.29 is 23.8 Å². The normalized spacial score (nSPS) is 11.7. The van der Waals surface area contributed by atoms with Crippen LogP contribution in [0.25, 0.3) is 11.1 Å². The number of benzene rings is 2. The van der Waals surface area contributed by atoms with Crippen molar-refractivity contribution in [2.24, 2.45) is 0 Å². The number of ether oxygens (including phenoxy) is 3. The minimum Gasteiger partial charge on any atom is -0.463 e. The van der Waals surface area contributed by atoms with Gasteiger partial charge in [-0.2, -0.15) is 0 Å². The van der Waals surface area contributed by atoms with Crippen LogP contribution in [-0.2, 0) is 19.1 Å². The van der Waals surface area contributed by atoms with E-state index in [1.165, 1.54) is 12.2 Å². The lowest BCUT2D eigenvalue weighted by molar-refractivity contribution is -0.138. The minimum atomic E-state index is -0.349. The Balaban J connectivity index is 2.03. The van der Waals surface area contributed by atoms with Crippen molar-refractivity contribution in [2.45, 2.75) is 27.7 Å². The molecule has 0 aromatic heterocycles. The van der Waals surface area contributed by atoms with Crippen LogP contribution in [0.15, 0.2) is 60.7 Å². The van der Waals surface area contributed by atoms with E-state index in [9.17, 15) is 9.59 Å². The molecule has 0 unspecified atom stereocenters. The van der Waals surface area contributed by atoms with E-state index in [2.05, 4.69) is 0 Å². The highest BCUT2D eigenvalue weighted by Crippen LogP contribution is 2.25. The average Bonchev–Trinajstić information content (AvgIpc) is 2.69. The molecule has 2 rings (SSSR count). The summed E-state index contributed by atoms with van der Waals surface area (Å²) < 4.78 is 15.7. The Morgan fingerprint density at radius 3 is 1.34 bits per heavy atom. The summed E-state index contributed by atoms with van der Waals surface area (Å²) in [5.74, 6) is 0.670. The molecule has 0 saturated heterocycles. The van der Waals surface area contributed by atoms with Crippen LogP contribution in [0.2, 0.25) is 0 Å². The molecule has 0 amide bonds. The molecule has 0 aliphatic rings. The third-order valence-corrected chi connectivity index (χ3v) is 4.10. The topological polar surface area (TPSA) is 61.8 Å². The predicted octanol–water partition coefficient (Wildman–Crippen LogP) is 5.41. The van der Waals surface area contributed by atoms with Crippen LogP contribution < -0.4 is 4.74 Å². The number of hydrogen-bond donors (Lipinski definition) is 0. The van der Waals surface area contributed by atoms with Crippen LogP contribution in [0.3, 0.4) is 0 Å². The standard InChI is InChI=1S/C24H26O5/c1-5-27-23(25)15-17(3)19-7-11-21(12-8-19)29-22-13-9-20(10-14-22)18(4)16-24(26)28-6-2/h7-16H,5-6H2,1-4H3. The minimum absolute atomic E-state index is 0.349. The van der Waals surface area contributed by atoms with Crippen LogP contribution in [0.5, 0.6) is 11.5 Å². The van der Waals surface area contributed by atoms with Crippen molar-refractivity contribution in [3.63, 3.8) is 0 Å². The van der Waals surface area contributed by atoms with Gasteiger partial charge in [0.25, 0.3) is 0 Å². The van der Waals surface area contributed by atoms with Gasteiger partial charge in [-0.1, -0.05) is 24.3 Å². The number of hydrogen-bond acceptors (Lipinski definition) is 5. The van der Waals surface area contributed by atoms with Gasteiger partial charge in [0.1, 0.15) is 11.5 Å². The lowest BCUT2D eigenvalue weighted by atomic mass is 10.1. The van der Waals surface area contributed by atoms with Crippen LogP contribution in [-0.4, -0.2) is 25.2 Å². The SMILES string of the molecule is CCOC(=O)C=C(C)c1ccc(Oc2ccc(C(C)=CC(=O)OCC)cc2)cc1. The van der Waals surface area contributed by atoms with Gasteiger partial charge in [-0.15, -0.1) is 0 Å². The summed E-state index contributed by atoms with van der Waals surface area (Å²) in [7, 11) is 0. The zero-order valence-corrected chi connectivity index (χ0v) is 17.2. The quantitative estimate of drug-likeness (QED) is 0.442. The zero-order valence-electron chi connectivity index (χ0n) is 17.2. The third-order valence-electron chi connectivity index (χ3n) is 4.10. The third kappa shape index (κ3) is 6.96. The van der Waals surface area contributed by atoms with Crippen molar-refractivity contribution in [2.75, 3.05) is 13.2 Å². The van der Waals surface area contributed by atoms with Gasteiger partial charge >= 0.3 is 11.9 Å². The summed E-state index contributed by atoms with van der Waals surface area (Å²) in [6.07, 6.45) is 2.95. The van der Waals surface area contributed by atoms with Crippen molar-refractivity contribution in [1.82, 2.24) is 0 Å². The summed E-state index contributed by atoms with van der Waals surface area (Å²) in [4.78, 5) is 23.1. The molecule has 0 aliphatic carbocycles. The molecule has 29 heavy (non-hydrogen) atoms. The van der Waals surface area contributed by atoms with E-state index < -0.39 is 0 Å². The van der Waals surface area contributed by atoms with Gasteiger partial charge in [0.15, 0.2) is 0 Å². The van der Waals surface area contributed by atoms with Crippen molar-refractivity contribution in [1.29, 1.82) is 0 Å². The number of carbonyl (C=O) groups is 2. The summed E-state index contributed by atoms with van der Waals surface area (Å²) in [5.41, 5.74) is 3.48. The fourth-order valence-electron chi connectivity index (χ4n) is 2.60. The second kappa shape index (κ2) is 10.9. The molecule has 0 spiro atoms. The molecule has 0 atom stereocenters. The Hall–Kier alpha value is -3.34. The molecule has 2 aromatic rings. The molecule has 5 heteroatoms. The van der Waals surface area contributed by atoms with Crippen LogP contribution >= 0.6 is 0 Å². The molecular weight excluding hydrogens is 368 g/mol. The van der Waals surface area contributed by atoms with Gasteiger partial charge in [0.2, 0.25) is 0 Å². The van der Waals surface area contributed by atoms with Crippen LogP contribution in [0.4, 0.5) is 0 Å². The Morgan fingerprint density at radius 2 is 1.03 bits per heavy atom. The first-order chi connectivity index (χ1) is 13.9. The first kappa shape index (κ1) is 22.0. The maximum Gasteiger partial charge on any atom is 0.331 e. The summed E-state index contributed by atoms with van der Waals surface area (Å²) in [5, 5.41) is 0. The van der Waals surface area contributed by atoms with E-state index >= 15 is 0 Å². The molecule has 5 nitrogen and oxygen atoms in total. The fraction of sp³-hybridized carbons (Fsp3) is 0.250. The monoisotopic (exact) mass is 394 g/mol. The van der Waals surface area contributed by atoms with E-state index in [1.807, 2.05) is 62.4 Å². The molecular formula is C24H26O5. The Labute approximate surface area is 171 Å². The fourth-order valence-corrected chi connectivity index (χ4v) is 2.60. The van der Waals surface area contributed by atoms with Crippen LogP contribution in [0.1, 0.15) is 38.8 Å². The lowest BCUT2D eigenvalue weighted by Crippen LogP contribution is -2.00. The molecule has 0 fully saturated rings. The largest absolute Gasteiger partial charge is 0.463 e. The predicted molar refractivity (Wildman–Crippen MR) is 114 cm³/mol. The molecule has 0 radical (unpaired) electrons. The summed E-state index contributed by atoms with van der Waals surface area (Å²) >= 11 is 0. The molecule has 0 bridgehead atoms. The zero-order chi connectivity index (χ0) is 21.2. The van der Waals surface area contributed by atoms with Gasteiger partial charge in [-0.3, -0.25) is 0 Å². The second-order valence-corrected chi connectivity index (χ2v) is 6.31. The second-order valence-electron chi connectivity index (χ2n) is 6.31. The van der Waals surface area contributed by atoms with Gasteiger partial charge in [-0.25, -0.2) is 9.59 Å². The average molecular weight is 394 g/mol. The van der Waals surface area contributed by atoms with Gasteiger partial charge in [0, 0.05) is 12.2 Å². The highest BCUT2D eigenvalue weighted by Gasteiger charge is 2.04. The van der Waals surface area contributed by atoms with E-state index in [1.54, 1.807) is 13.8 Å². The van der Waals surface area contributed by atoms with Gasteiger partial charge < -0.3 is 14.2 Å². The highest BCUT2D eigenvalue weighted by molar-refractivity contribution is 5.91. The van der Waals surface area contributed by atoms with Crippen molar-refractivity contribution in [3.05, 3.63) is 71.8 Å².